The van der Waals surface area contributed by atoms with Crippen LogP contribution >= 0.6 is 0 Å². The molecular formula is C20H29NO3. The summed E-state index contributed by atoms with van der Waals surface area (Å²) in [6.07, 6.45) is 4.22. The first-order chi connectivity index (χ1) is 11.4. The van der Waals surface area contributed by atoms with Crippen LogP contribution in [0.5, 0.6) is 0 Å². The predicted molar refractivity (Wildman–Crippen MR) is 95.5 cm³/mol. The number of rotatable bonds is 9. The summed E-state index contributed by atoms with van der Waals surface area (Å²) in [5.41, 5.74) is 2.22. The van der Waals surface area contributed by atoms with E-state index in [0.29, 0.717) is 23.6 Å². The van der Waals surface area contributed by atoms with Crippen LogP contribution in [0.2, 0.25) is 0 Å². The van der Waals surface area contributed by atoms with Crippen LogP contribution in [0.3, 0.4) is 0 Å². The van der Waals surface area contributed by atoms with Crippen molar-refractivity contribution in [2.45, 2.75) is 65.4 Å². The van der Waals surface area contributed by atoms with Crippen molar-refractivity contribution in [3.63, 3.8) is 0 Å². The van der Waals surface area contributed by atoms with Gasteiger partial charge in [-0.1, -0.05) is 32.8 Å². The molecule has 1 aliphatic heterocycles. The lowest BCUT2D eigenvalue weighted by Gasteiger charge is -2.13. The third kappa shape index (κ3) is 4.44. The molecule has 1 aromatic carbocycles. The number of benzene rings is 1. The van der Waals surface area contributed by atoms with Crippen LogP contribution in [0, 0.1) is 0 Å². The highest BCUT2D eigenvalue weighted by Gasteiger charge is 2.35. The first kappa shape index (κ1) is 18.7. The first-order valence-corrected chi connectivity index (χ1v) is 9.03. The molecule has 0 unspecified atom stereocenters. The lowest BCUT2D eigenvalue weighted by Crippen LogP contribution is -2.30. The molecule has 0 saturated heterocycles. The van der Waals surface area contributed by atoms with Crippen LogP contribution in [0.15, 0.2) is 18.2 Å². The number of ether oxygens (including phenoxy) is 1. The minimum atomic E-state index is -0.145. The van der Waals surface area contributed by atoms with E-state index < -0.39 is 0 Å². The second-order valence-corrected chi connectivity index (χ2v) is 7.06. The molecule has 0 aliphatic carbocycles. The van der Waals surface area contributed by atoms with E-state index in [1.54, 1.807) is 6.07 Å². The molecule has 1 aromatic rings. The summed E-state index contributed by atoms with van der Waals surface area (Å²) < 4.78 is 5.51. The molecule has 0 atom stereocenters. The number of nitrogens with zero attached hydrogens (tertiary/aromatic N) is 1. The Morgan fingerprint density at radius 3 is 2.25 bits per heavy atom. The van der Waals surface area contributed by atoms with E-state index in [1.165, 1.54) is 4.90 Å². The fourth-order valence-electron chi connectivity index (χ4n) is 2.92. The molecule has 132 valence electrons. The van der Waals surface area contributed by atoms with Crippen molar-refractivity contribution < 1.29 is 14.3 Å². The zero-order chi connectivity index (χ0) is 17.7. The molecule has 0 aromatic heterocycles. The lowest BCUT2D eigenvalue weighted by atomic mass is 9.98. The van der Waals surface area contributed by atoms with Crippen molar-refractivity contribution in [3.05, 3.63) is 34.9 Å². The van der Waals surface area contributed by atoms with Gasteiger partial charge in [0.05, 0.1) is 17.2 Å². The SMILES string of the molecule is CC(C)OCCCCCCN1C(=O)c2ccc(C(C)C)cc2C1=O. The molecule has 0 spiro atoms. The Morgan fingerprint density at radius 2 is 1.58 bits per heavy atom. The minimum absolute atomic E-state index is 0.138. The highest BCUT2D eigenvalue weighted by atomic mass is 16.5. The average molecular weight is 331 g/mol. The topological polar surface area (TPSA) is 46.6 Å². The van der Waals surface area contributed by atoms with E-state index in [4.69, 9.17) is 4.74 Å². The normalized spacial score (nSPS) is 14.2. The van der Waals surface area contributed by atoms with Gasteiger partial charge in [-0.2, -0.15) is 0 Å². The van der Waals surface area contributed by atoms with Crippen LogP contribution in [-0.4, -0.2) is 36.0 Å². The number of carbonyl (C=O) groups is 2. The summed E-state index contributed by atoms with van der Waals surface area (Å²) >= 11 is 0. The second kappa shape index (κ2) is 8.43. The van der Waals surface area contributed by atoms with Crippen LogP contribution in [0.1, 0.15) is 85.6 Å². The van der Waals surface area contributed by atoms with Crippen LogP contribution in [0.4, 0.5) is 0 Å². The maximum absolute atomic E-state index is 12.5. The number of fused-ring (bicyclic) bond motifs is 1. The fraction of sp³-hybridized carbons (Fsp3) is 0.600. The average Bonchev–Trinajstić information content (AvgIpc) is 2.77. The van der Waals surface area contributed by atoms with E-state index in [9.17, 15) is 9.59 Å². The van der Waals surface area contributed by atoms with Gasteiger partial charge in [-0.15, -0.1) is 0 Å². The highest BCUT2D eigenvalue weighted by Crippen LogP contribution is 2.27. The monoisotopic (exact) mass is 331 g/mol. The fourth-order valence-corrected chi connectivity index (χ4v) is 2.92. The van der Waals surface area contributed by atoms with Gasteiger partial charge in [0, 0.05) is 13.2 Å². The Morgan fingerprint density at radius 1 is 0.917 bits per heavy atom. The van der Waals surface area contributed by atoms with Crippen LogP contribution < -0.4 is 0 Å². The third-order valence-electron chi connectivity index (χ3n) is 4.39. The maximum Gasteiger partial charge on any atom is 0.261 e. The summed E-state index contributed by atoms with van der Waals surface area (Å²) in [6, 6.07) is 5.63. The Kier molecular flexibility index (Phi) is 6.55. The quantitative estimate of drug-likeness (QED) is 0.498. The number of carbonyl (C=O) groups excluding carboxylic acids is 2. The Bertz CT molecular complexity index is 593. The predicted octanol–water partition coefficient (Wildman–Crippen LogP) is 4.39. The van der Waals surface area contributed by atoms with Crippen molar-refractivity contribution in [1.29, 1.82) is 0 Å². The molecule has 0 saturated carbocycles. The van der Waals surface area contributed by atoms with Gasteiger partial charge in [-0.05, 0) is 50.3 Å². The van der Waals surface area contributed by atoms with E-state index >= 15 is 0 Å². The van der Waals surface area contributed by atoms with Gasteiger partial charge in [0.25, 0.3) is 11.8 Å². The van der Waals surface area contributed by atoms with Crippen molar-refractivity contribution in [2.24, 2.45) is 0 Å². The summed E-state index contributed by atoms with van der Waals surface area (Å²) in [4.78, 5) is 26.3. The molecule has 0 bridgehead atoms. The van der Waals surface area contributed by atoms with Gasteiger partial charge < -0.3 is 4.74 Å². The molecule has 24 heavy (non-hydrogen) atoms. The first-order valence-electron chi connectivity index (χ1n) is 9.03. The molecule has 1 heterocycles. The van der Waals surface area contributed by atoms with E-state index in [-0.39, 0.29) is 17.9 Å². The molecule has 0 radical (unpaired) electrons. The van der Waals surface area contributed by atoms with E-state index in [2.05, 4.69) is 13.8 Å². The van der Waals surface area contributed by atoms with E-state index in [1.807, 2.05) is 26.0 Å². The highest BCUT2D eigenvalue weighted by molar-refractivity contribution is 6.21. The minimum Gasteiger partial charge on any atom is -0.379 e. The molecule has 4 nitrogen and oxygen atoms in total. The maximum atomic E-state index is 12.5. The standard InChI is InChI=1S/C20H29NO3/c1-14(2)16-9-10-17-18(13-16)20(23)21(19(17)22)11-7-5-6-8-12-24-15(3)4/h9-10,13-15H,5-8,11-12H2,1-4H3. The number of imide groups is 1. The number of unbranched alkanes of at least 4 members (excludes halogenated alkanes) is 3. The lowest BCUT2D eigenvalue weighted by molar-refractivity contribution is 0.0645. The van der Waals surface area contributed by atoms with Crippen molar-refractivity contribution in [2.75, 3.05) is 13.2 Å². The molecule has 1 aliphatic rings. The van der Waals surface area contributed by atoms with Gasteiger partial charge >= 0.3 is 0 Å². The number of amides is 2. The molecule has 2 rings (SSSR count). The Hall–Kier alpha value is -1.68. The Labute approximate surface area is 145 Å². The van der Waals surface area contributed by atoms with Gasteiger partial charge in [-0.25, -0.2) is 0 Å². The molecule has 0 N–H and O–H groups in total. The zero-order valence-electron chi connectivity index (χ0n) is 15.3. The van der Waals surface area contributed by atoms with Gasteiger partial charge in [0.1, 0.15) is 0 Å². The third-order valence-corrected chi connectivity index (χ3v) is 4.39. The molecule has 0 fully saturated rings. The van der Waals surface area contributed by atoms with E-state index in [0.717, 1.165) is 37.9 Å². The largest absolute Gasteiger partial charge is 0.379 e. The van der Waals surface area contributed by atoms with Gasteiger partial charge in [0.2, 0.25) is 0 Å². The second-order valence-electron chi connectivity index (χ2n) is 7.06. The zero-order valence-corrected chi connectivity index (χ0v) is 15.3. The van der Waals surface area contributed by atoms with Gasteiger partial charge in [0.15, 0.2) is 0 Å². The number of hydrogen-bond donors (Lipinski definition) is 0. The molecular weight excluding hydrogens is 302 g/mol. The van der Waals surface area contributed by atoms with Crippen LogP contribution in [0.25, 0.3) is 0 Å². The smallest absolute Gasteiger partial charge is 0.261 e. The van der Waals surface area contributed by atoms with Crippen molar-refractivity contribution in [1.82, 2.24) is 4.90 Å². The molecule has 4 heteroatoms. The Balaban J connectivity index is 1.83. The van der Waals surface area contributed by atoms with Crippen molar-refractivity contribution >= 4 is 11.8 Å². The summed E-state index contributed by atoms with van der Waals surface area (Å²) in [7, 11) is 0. The molecule has 2 amide bonds. The van der Waals surface area contributed by atoms with Crippen LogP contribution in [-0.2, 0) is 4.74 Å². The summed E-state index contributed by atoms with van der Waals surface area (Å²) in [5.74, 6) is 0.0643. The van der Waals surface area contributed by atoms with Crippen molar-refractivity contribution in [3.8, 4) is 0 Å². The summed E-state index contributed by atoms with van der Waals surface area (Å²) in [5, 5.41) is 0. The van der Waals surface area contributed by atoms with Gasteiger partial charge in [-0.3, -0.25) is 14.5 Å². The number of hydrogen-bond acceptors (Lipinski definition) is 3. The summed E-state index contributed by atoms with van der Waals surface area (Å²) in [6.45, 7) is 9.53.